The molecule has 0 bridgehead atoms. The standard InChI is InChI=1S/C15H22N2O4/c1-4-5-15(19)8-17(9-15)14(18)10-6-12(20-2)13(21-3)7-11(10)16/h6-7,19H,4-5,8-9,16H2,1-3H3. The van der Waals surface area contributed by atoms with Gasteiger partial charge in [0.15, 0.2) is 11.5 Å². The molecule has 1 saturated heterocycles. The summed E-state index contributed by atoms with van der Waals surface area (Å²) >= 11 is 0. The monoisotopic (exact) mass is 294 g/mol. The number of nitrogens with two attached hydrogens (primary N) is 1. The molecule has 21 heavy (non-hydrogen) atoms. The van der Waals surface area contributed by atoms with Crippen molar-refractivity contribution in [3.8, 4) is 11.5 Å². The van der Waals surface area contributed by atoms with Gasteiger partial charge in [-0.05, 0) is 12.5 Å². The summed E-state index contributed by atoms with van der Waals surface area (Å²) in [6.07, 6.45) is 1.58. The van der Waals surface area contributed by atoms with Crippen LogP contribution >= 0.6 is 0 Å². The summed E-state index contributed by atoms with van der Waals surface area (Å²) in [5.41, 5.74) is 5.87. The normalized spacial score (nSPS) is 16.3. The first-order valence-electron chi connectivity index (χ1n) is 6.97. The number of nitrogens with zero attached hydrogens (tertiary/aromatic N) is 1. The Labute approximate surface area is 124 Å². The first kappa shape index (κ1) is 15.4. The molecule has 1 aromatic carbocycles. The Kier molecular flexibility index (Phi) is 4.27. The molecule has 0 saturated carbocycles. The fourth-order valence-corrected chi connectivity index (χ4v) is 2.68. The van der Waals surface area contributed by atoms with Gasteiger partial charge in [-0.15, -0.1) is 0 Å². The highest BCUT2D eigenvalue weighted by molar-refractivity contribution is 6.00. The van der Waals surface area contributed by atoms with Crippen LogP contribution in [-0.4, -0.2) is 48.8 Å². The van der Waals surface area contributed by atoms with Crippen LogP contribution in [0.1, 0.15) is 30.1 Å². The molecule has 3 N–H and O–H groups in total. The number of amides is 1. The second kappa shape index (κ2) is 5.81. The summed E-state index contributed by atoms with van der Waals surface area (Å²) < 4.78 is 10.3. The molecule has 1 aromatic rings. The Hall–Kier alpha value is -1.95. The molecule has 1 aliphatic heterocycles. The fourth-order valence-electron chi connectivity index (χ4n) is 2.68. The zero-order valence-electron chi connectivity index (χ0n) is 12.7. The number of likely N-dealkylation sites (tertiary alicyclic amines) is 1. The molecule has 2 rings (SSSR count). The van der Waals surface area contributed by atoms with E-state index in [9.17, 15) is 9.90 Å². The van der Waals surface area contributed by atoms with Crippen molar-refractivity contribution in [2.75, 3.05) is 33.0 Å². The summed E-state index contributed by atoms with van der Waals surface area (Å²) in [6, 6.07) is 3.15. The molecule has 1 heterocycles. The van der Waals surface area contributed by atoms with Crippen molar-refractivity contribution in [2.24, 2.45) is 0 Å². The molecular weight excluding hydrogens is 272 g/mol. The fraction of sp³-hybridized carbons (Fsp3) is 0.533. The average molecular weight is 294 g/mol. The van der Waals surface area contributed by atoms with Crippen LogP contribution < -0.4 is 15.2 Å². The van der Waals surface area contributed by atoms with Gasteiger partial charge in [-0.1, -0.05) is 13.3 Å². The summed E-state index contributed by atoms with van der Waals surface area (Å²) in [7, 11) is 3.02. The maximum atomic E-state index is 12.4. The van der Waals surface area contributed by atoms with Crippen molar-refractivity contribution in [3.63, 3.8) is 0 Å². The van der Waals surface area contributed by atoms with Gasteiger partial charge in [-0.2, -0.15) is 0 Å². The first-order chi connectivity index (χ1) is 9.94. The summed E-state index contributed by atoms with van der Waals surface area (Å²) in [4.78, 5) is 14.0. The van der Waals surface area contributed by atoms with Gasteiger partial charge < -0.3 is 25.2 Å². The number of ether oxygens (including phenoxy) is 2. The molecular formula is C15H22N2O4. The second-order valence-corrected chi connectivity index (χ2v) is 5.43. The average Bonchev–Trinajstić information content (AvgIpc) is 2.43. The Morgan fingerprint density at radius 1 is 1.33 bits per heavy atom. The lowest BCUT2D eigenvalue weighted by Crippen LogP contribution is -2.63. The smallest absolute Gasteiger partial charge is 0.256 e. The minimum Gasteiger partial charge on any atom is -0.493 e. The van der Waals surface area contributed by atoms with Crippen molar-refractivity contribution in [3.05, 3.63) is 17.7 Å². The molecule has 0 atom stereocenters. The number of methoxy groups -OCH3 is 2. The first-order valence-corrected chi connectivity index (χ1v) is 6.97. The van der Waals surface area contributed by atoms with Crippen LogP contribution in [0.3, 0.4) is 0 Å². The number of anilines is 1. The summed E-state index contributed by atoms with van der Waals surface area (Å²) in [5, 5.41) is 10.2. The minimum atomic E-state index is -0.754. The van der Waals surface area contributed by atoms with Gasteiger partial charge in [0, 0.05) is 11.8 Å². The maximum Gasteiger partial charge on any atom is 0.256 e. The lowest BCUT2D eigenvalue weighted by atomic mass is 9.88. The Morgan fingerprint density at radius 2 is 1.90 bits per heavy atom. The molecule has 0 unspecified atom stereocenters. The van der Waals surface area contributed by atoms with E-state index in [1.165, 1.54) is 14.2 Å². The van der Waals surface area contributed by atoms with Crippen molar-refractivity contribution in [1.82, 2.24) is 4.90 Å². The van der Waals surface area contributed by atoms with E-state index in [1.54, 1.807) is 17.0 Å². The van der Waals surface area contributed by atoms with Crippen LogP contribution in [0.4, 0.5) is 5.69 Å². The van der Waals surface area contributed by atoms with E-state index in [4.69, 9.17) is 15.2 Å². The number of carbonyl (C=O) groups is 1. The molecule has 6 heteroatoms. The molecule has 1 amide bonds. The van der Waals surface area contributed by atoms with Crippen molar-refractivity contribution in [1.29, 1.82) is 0 Å². The quantitative estimate of drug-likeness (QED) is 0.799. The summed E-state index contributed by atoms with van der Waals surface area (Å²) in [6.45, 7) is 2.69. The second-order valence-electron chi connectivity index (χ2n) is 5.43. The van der Waals surface area contributed by atoms with Gasteiger partial charge in [0.25, 0.3) is 5.91 Å². The predicted octanol–water partition coefficient (Wildman–Crippen LogP) is 1.27. The van der Waals surface area contributed by atoms with E-state index in [2.05, 4.69) is 0 Å². The highest BCUT2D eigenvalue weighted by Gasteiger charge is 2.43. The number of carbonyl (C=O) groups excluding carboxylic acids is 1. The summed E-state index contributed by atoms with van der Waals surface area (Å²) in [5.74, 6) is 0.742. The van der Waals surface area contributed by atoms with Crippen LogP contribution in [0, 0.1) is 0 Å². The van der Waals surface area contributed by atoms with E-state index >= 15 is 0 Å². The highest BCUT2D eigenvalue weighted by atomic mass is 16.5. The van der Waals surface area contributed by atoms with E-state index in [0.717, 1.165) is 6.42 Å². The van der Waals surface area contributed by atoms with Gasteiger partial charge >= 0.3 is 0 Å². The minimum absolute atomic E-state index is 0.200. The zero-order chi connectivity index (χ0) is 15.6. The van der Waals surface area contributed by atoms with Gasteiger partial charge in [-0.3, -0.25) is 4.79 Å². The highest BCUT2D eigenvalue weighted by Crippen LogP contribution is 2.34. The third-order valence-corrected chi connectivity index (χ3v) is 3.76. The predicted molar refractivity (Wildman–Crippen MR) is 79.7 cm³/mol. The molecule has 1 aliphatic rings. The maximum absolute atomic E-state index is 12.4. The van der Waals surface area contributed by atoms with Gasteiger partial charge in [-0.25, -0.2) is 0 Å². The van der Waals surface area contributed by atoms with Gasteiger partial charge in [0.1, 0.15) is 0 Å². The third-order valence-electron chi connectivity index (χ3n) is 3.76. The molecule has 0 radical (unpaired) electrons. The lowest BCUT2D eigenvalue weighted by Gasteiger charge is -2.46. The van der Waals surface area contributed by atoms with E-state index in [-0.39, 0.29) is 5.91 Å². The van der Waals surface area contributed by atoms with Crippen molar-refractivity contribution in [2.45, 2.75) is 25.4 Å². The zero-order valence-corrected chi connectivity index (χ0v) is 12.7. The number of aliphatic hydroxyl groups is 1. The topological polar surface area (TPSA) is 85.0 Å². The molecule has 0 aliphatic carbocycles. The van der Waals surface area contributed by atoms with Crippen molar-refractivity contribution < 1.29 is 19.4 Å². The van der Waals surface area contributed by atoms with Gasteiger partial charge in [0.2, 0.25) is 0 Å². The van der Waals surface area contributed by atoms with Crippen LogP contribution in [0.5, 0.6) is 11.5 Å². The van der Waals surface area contributed by atoms with Crippen LogP contribution in [-0.2, 0) is 0 Å². The Bertz CT molecular complexity index is 539. The number of hydrogen-bond acceptors (Lipinski definition) is 5. The van der Waals surface area contributed by atoms with Crippen LogP contribution in [0.25, 0.3) is 0 Å². The third kappa shape index (κ3) is 2.90. The number of benzene rings is 1. The van der Waals surface area contributed by atoms with Crippen molar-refractivity contribution >= 4 is 11.6 Å². The lowest BCUT2D eigenvalue weighted by molar-refractivity contribution is -0.0859. The number of nitrogen functional groups attached to an aromatic ring is 1. The van der Waals surface area contributed by atoms with Gasteiger partial charge in [0.05, 0.1) is 38.5 Å². The number of hydrogen-bond donors (Lipinski definition) is 2. The number of rotatable bonds is 5. The van der Waals surface area contributed by atoms with Crippen LogP contribution in [0.15, 0.2) is 12.1 Å². The van der Waals surface area contributed by atoms with E-state index in [0.29, 0.717) is 42.3 Å². The van der Waals surface area contributed by atoms with E-state index in [1.807, 2.05) is 6.92 Å². The Morgan fingerprint density at radius 3 is 2.43 bits per heavy atom. The Balaban J connectivity index is 2.17. The van der Waals surface area contributed by atoms with E-state index < -0.39 is 5.60 Å². The molecule has 1 fully saturated rings. The molecule has 6 nitrogen and oxygen atoms in total. The van der Waals surface area contributed by atoms with Crippen LogP contribution in [0.2, 0.25) is 0 Å². The SMILES string of the molecule is CCCC1(O)CN(C(=O)c2cc(OC)c(OC)cc2N)C1. The number of β-amino-alcohol motifs (C(OH)–C–C–N with tert-alkyl or cyclic N) is 1. The molecule has 0 spiro atoms. The largest absolute Gasteiger partial charge is 0.493 e. The molecule has 116 valence electrons. The molecule has 0 aromatic heterocycles.